The molecule has 80 valence electrons. The van der Waals surface area contributed by atoms with Gasteiger partial charge in [0.15, 0.2) is 0 Å². The molecule has 0 fully saturated rings. The first-order chi connectivity index (χ1) is 6.45. The molecule has 0 saturated carbocycles. The number of carbonyl (C=O) groups is 2. The molecule has 0 spiro atoms. The third-order valence-corrected chi connectivity index (χ3v) is 1.29. The zero-order chi connectivity index (χ0) is 11.6. The fraction of sp³-hybridized carbons (Fsp3) is 0.400. The second kappa shape index (κ2) is 9.51. The summed E-state index contributed by atoms with van der Waals surface area (Å²) in [6.45, 7) is 8.23. The van der Waals surface area contributed by atoms with Crippen LogP contribution in [0.1, 0.15) is 26.2 Å². The number of carboxylic acid groups (broad SMARTS) is 2. The maximum Gasteiger partial charge on any atom is 0.0668 e. The molecule has 14 heavy (non-hydrogen) atoms. The second-order valence-corrected chi connectivity index (χ2v) is 2.52. The Balaban J connectivity index is 0. The SMILES string of the molecule is C=C(CCCC)C(=O)[O-].C=CC(=O)[O-]. The molecule has 0 N–H and O–H groups in total. The molecular weight excluding hydrogens is 184 g/mol. The van der Waals surface area contributed by atoms with Crippen molar-refractivity contribution in [2.75, 3.05) is 0 Å². The normalized spacial score (nSPS) is 8.07. The van der Waals surface area contributed by atoms with E-state index in [-0.39, 0.29) is 5.57 Å². The van der Waals surface area contributed by atoms with E-state index in [1.807, 2.05) is 6.92 Å². The Morgan fingerprint density at radius 1 is 1.36 bits per heavy atom. The molecule has 0 unspecified atom stereocenters. The van der Waals surface area contributed by atoms with E-state index in [0.717, 1.165) is 18.9 Å². The van der Waals surface area contributed by atoms with Crippen LogP contribution in [-0.4, -0.2) is 11.9 Å². The molecular formula is C10H14O4-2. The van der Waals surface area contributed by atoms with Gasteiger partial charge in [0.25, 0.3) is 0 Å². The lowest BCUT2D eigenvalue weighted by Crippen LogP contribution is -2.23. The minimum Gasteiger partial charge on any atom is -0.545 e. The van der Waals surface area contributed by atoms with Crippen LogP contribution in [0.5, 0.6) is 0 Å². The Morgan fingerprint density at radius 2 is 1.79 bits per heavy atom. The van der Waals surface area contributed by atoms with Crippen LogP contribution >= 0.6 is 0 Å². The molecule has 0 bridgehead atoms. The van der Waals surface area contributed by atoms with Crippen LogP contribution in [0.15, 0.2) is 24.8 Å². The fourth-order valence-corrected chi connectivity index (χ4v) is 0.492. The molecule has 4 nitrogen and oxygen atoms in total. The van der Waals surface area contributed by atoms with E-state index in [1.165, 1.54) is 0 Å². The number of rotatable bonds is 5. The Labute approximate surface area is 83.6 Å². The Hall–Kier alpha value is -1.58. The summed E-state index contributed by atoms with van der Waals surface area (Å²) in [4.78, 5) is 19.1. The van der Waals surface area contributed by atoms with Crippen molar-refractivity contribution >= 4 is 11.9 Å². The van der Waals surface area contributed by atoms with E-state index < -0.39 is 11.9 Å². The van der Waals surface area contributed by atoms with Gasteiger partial charge in [0.1, 0.15) is 0 Å². The zero-order valence-corrected chi connectivity index (χ0v) is 8.25. The van der Waals surface area contributed by atoms with Gasteiger partial charge in [-0.2, -0.15) is 0 Å². The van der Waals surface area contributed by atoms with Gasteiger partial charge in [0.05, 0.1) is 11.9 Å². The van der Waals surface area contributed by atoms with Crippen molar-refractivity contribution in [1.29, 1.82) is 0 Å². The highest BCUT2D eigenvalue weighted by Gasteiger charge is 1.91. The highest BCUT2D eigenvalue weighted by Crippen LogP contribution is 2.02. The summed E-state index contributed by atoms with van der Waals surface area (Å²) >= 11 is 0. The molecule has 0 aliphatic carbocycles. The van der Waals surface area contributed by atoms with E-state index in [4.69, 9.17) is 9.90 Å². The molecule has 4 heteroatoms. The molecule has 0 aliphatic heterocycles. The Kier molecular flexibility index (Phi) is 10.1. The molecule has 0 radical (unpaired) electrons. The van der Waals surface area contributed by atoms with Crippen molar-refractivity contribution in [2.24, 2.45) is 0 Å². The standard InChI is InChI=1S/C7H12O2.C3H4O2/c1-3-4-5-6(2)7(8)9;1-2-3(4)5/h2-5H2,1H3,(H,8,9);2H,1H2,(H,4,5)/p-2. The Morgan fingerprint density at radius 3 is 2.00 bits per heavy atom. The van der Waals surface area contributed by atoms with Gasteiger partial charge in [-0.25, -0.2) is 0 Å². The van der Waals surface area contributed by atoms with E-state index in [1.54, 1.807) is 0 Å². The maximum atomic E-state index is 9.99. The monoisotopic (exact) mass is 198 g/mol. The van der Waals surface area contributed by atoms with E-state index in [9.17, 15) is 9.90 Å². The van der Waals surface area contributed by atoms with Gasteiger partial charge in [0.2, 0.25) is 0 Å². The van der Waals surface area contributed by atoms with E-state index in [2.05, 4.69) is 13.2 Å². The first-order valence-corrected chi connectivity index (χ1v) is 4.18. The molecule has 0 rings (SSSR count). The summed E-state index contributed by atoms with van der Waals surface area (Å²) < 4.78 is 0. The highest BCUT2D eigenvalue weighted by atomic mass is 16.4. The summed E-state index contributed by atoms with van der Waals surface area (Å²) in [5, 5.41) is 19.1. The first kappa shape index (κ1) is 14.9. The number of hydrogen-bond acceptors (Lipinski definition) is 4. The first-order valence-electron chi connectivity index (χ1n) is 4.18. The highest BCUT2D eigenvalue weighted by molar-refractivity contribution is 5.83. The summed E-state index contributed by atoms with van der Waals surface area (Å²) in [7, 11) is 0. The average Bonchev–Trinajstić information content (AvgIpc) is 2.14. The summed E-state index contributed by atoms with van der Waals surface area (Å²) in [6.07, 6.45) is 3.15. The van der Waals surface area contributed by atoms with Crippen molar-refractivity contribution in [1.82, 2.24) is 0 Å². The van der Waals surface area contributed by atoms with Crippen LogP contribution in [0.3, 0.4) is 0 Å². The van der Waals surface area contributed by atoms with Crippen molar-refractivity contribution in [3.8, 4) is 0 Å². The maximum absolute atomic E-state index is 9.99. The Bertz CT molecular complexity index is 218. The van der Waals surface area contributed by atoms with E-state index in [0.29, 0.717) is 6.42 Å². The molecule has 0 aliphatic rings. The molecule has 0 heterocycles. The molecule has 0 saturated heterocycles. The number of carboxylic acids is 2. The smallest absolute Gasteiger partial charge is 0.0668 e. The van der Waals surface area contributed by atoms with Crippen LogP contribution in [-0.2, 0) is 9.59 Å². The van der Waals surface area contributed by atoms with Crippen molar-refractivity contribution in [3.05, 3.63) is 24.8 Å². The molecule has 0 atom stereocenters. The van der Waals surface area contributed by atoms with Crippen molar-refractivity contribution < 1.29 is 19.8 Å². The topological polar surface area (TPSA) is 80.3 Å². The third kappa shape index (κ3) is 13.0. The minimum absolute atomic E-state index is 0.205. The molecule has 0 aromatic rings. The lowest BCUT2D eigenvalue weighted by Gasteiger charge is -2.03. The van der Waals surface area contributed by atoms with Gasteiger partial charge in [-0.3, -0.25) is 0 Å². The van der Waals surface area contributed by atoms with Crippen LogP contribution in [0.2, 0.25) is 0 Å². The molecule has 0 aromatic heterocycles. The lowest BCUT2D eigenvalue weighted by atomic mass is 10.1. The third-order valence-electron chi connectivity index (χ3n) is 1.29. The van der Waals surface area contributed by atoms with Gasteiger partial charge in [-0.15, -0.1) is 0 Å². The fourth-order valence-electron chi connectivity index (χ4n) is 0.492. The number of aliphatic carboxylic acids is 2. The largest absolute Gasteiger partial charge is 0.545 e. The van der Waals surface area contributed by atoms with Gasteiger partial charge in [-0.05, 0) is 24.5 Å². The lowest BCUT2D eigenvalue weighted by molar-refractivity contribution is -0.300. The summed E-state index contributed by atoms with van der Waals surface area (Å²) in [5.74, 6) is -2.35. The predicted molar refractivity (Wildman–Crippen MR) is 48.9 cm³/mol. The van der Waals surface area contributed by atoms with Crippen LogP contribution in [0.4, 0.5) is 0 Å². The summed E-state index contributed by atoms with van der Waals surface area (Å²) in [5.41, 5.74) is 0.205. The number of unbranched alkanes of at least 4 members (excludes halogenated alkanes) is 1. The van der Waals surface area contributed by atoms with Gasteiger partial charge < -0.3 is 19.8 Å². The van der Waals surface area contributed by atoms with E-state index >= 15 is 0 Å². The van der Waals surface area contributed by atoms with Crippen LogP contribution in [0, 0.1) is 0 Å². The summed E-state index contributed by atoms with van der Waals surface area (Å²) in [6, 6.07) is 0. The molecule has 0 amide bonds. The van der Waals surface area contributed by atoms with Crippen molar-refractivity contribution in [2.45, 2.75) is 26.2 Å². The van der Waals surface area contributed by atoms with Gasteiger partial charge >= 0.3 is 0 Å². The van der Waals surface area contributed by atoms with Gasteiger partial charge in [-0.1, -0.05) is 26.5 Å². The van der Waals surface area contributed by atoms with Crippen molar-refractivity contribution in [3.63, 3.8) is 0 Å². The number of hydrogen-bond donors (Lipinski definition) is 0. The quantitative estimate of drug-likeness (QED) is 0.553. The van der Waals surface area contributed by atoms with Gasteiger partial charge in [0, 0.05) is 0 Å². The minimum atomic E-state index is -1.23. The molecule has 0 aromatic carbocycles. The second-order valence-electron chi connectivity index (χ2n) is 2.52. The predicted octanol–water partition coefficient (Wildman–Crippen LogP) is -0.595. The van der Waals surface area contributed by atoms with Crippen LogP contribution in [0.25, 0.3) is 0 Å². The zero-order valence-electron chi connectivity index (χ0n) is 8.25. The number of carbonyl (C=O) groups excluding carboxylic acids is 2. The average molecular weight is 198 g/mol. The van der Waals surface area contributed by atoms with Crippen LogP contribution < -0.4 is 10.2 Å².